The molecule has 1 aliphatic rings. The monoisotopic (exact) mass is 428 g/mol. The molecular weight excluding hydrogens is 408 g/mol. The first kappa shape index (κ1) is 21.4. The standard InChI is InChI=1S/C22H21ClN2O5/c1-4-9-30-19-16(23)11-14(12-18(19)29-3)10-15-20(26)24-22(28)25(21(15)27)17-8-6-5-7-13(17)2/h5-8,10-12H,4,9H2,1-3H3,(H,24,26,28)/b15-10+. The van der Waals surface area contributed by atoms with E-state index in [0.29, 0.717) is 29.4 Å². The van der Waals surface area contributed by atoms with Crippen molar-refractivity contribution in [1.29, 1.82) is 0 Å². The van der Waals surface area contributed by atoms with Gasteiger partial charge in [-0.3, -0.25) is 14.9 Å². The van der Waals surface area contributed by atoms with Gasteiger partial charge in [0.2, 0.25) is 0 Å². The van der Waals surface area contributed by atoms with E-state index in [1.54, 1.807) is 43.3 Å². The molecule has 3 rings (SSSR count). The molecule has 30 heavy (non-hydrogen) atoms. The fourth-order valence-corrected chi connectivity index (χ4v) is 3.30. The summed E-state index contributed by atoms with van der Waals surface area (Å²) in [4.78, 5) is 38.7. The molecule has 1 aliphatic heterocycles. The van der Waals surface area contributed by atoms with Gasteiger partial charge >= 0.3 is 6.03 Å². The summed E-state index contributed by atoms with van der Waals surface area (Å²) in [6.07, 6.45) is 2.16. The maximum Gasteiger partial charge on any atom is 0.335 e. The highest BCUT2D eigenvalue weighted by molar-refractivity contribution is 6.39. The number of rotatable bonds is 6. The number of aryl methyl sites for hydroxylation is 1. The number of para-hydroxylation sites is 1. The van der Waals surface area contributed by atoms with Gasteiger partial charge in [0.05, 0.1) is 24.4 Å². The Morgan fingerprint density at radius 3 is 2.57 bits per heavy atom. The smallest absolute Gasteiger partial charge is 0.335 e. The molecule has 0 bridgehead atoms. The number of nitrogens with one attached hydrogen (secondary N) is 1. The average Bonchev–Trinajstić information content (AvgIpc) is 2.71. The molecule has 0 aliphatic carbocycles. The van der Waals surface area contributed by atoms with Gasteiger partial charge in [-0.1, -0.05) is 36.7 Å². The van der Waals surface area contributed by atoms with Gasteiger partial charge in [0, 0.05) is 0 Å². The lowest BCUT2D eigenvalue weighted by Gasteiger charge is -2.27. The van der Waals surface area contributed by atoms with Crippen LogP contribution in [0.3, 0.4) is 0 Å². The van der Waals surface area contributed by atoms with Gasteiger partial charge in [0.15, 0.2) is 11.5 Å². The van der Waals surface area contributed by atoms with Crippen LogP contribution in [0.2, 0.25) is 5.02 Å². The number of hydrogen-bond donors (Lipinski definition) is 1. The van der Waals surface area contributed by atoms with Crippen molar-refractivity contribution in [2.24, 2.45) is 0 Å². The van der Waals surface area contributed by atoms with E-state index >= 15 is 0 Å². The van der Waals surface area contributed by atoms with Crippen LogP contribution in [0.25, 0.3) is 6.08 Å². The van der Waals surface area contributed by atoms with E-state index in [1.807, 2.05) is 6.92 Å². The van der Waals surface area contributed by atoms with Crippen LogP contribution >= 0.6 is 11.6 Å². The number of barbiturate groups is 1. The van der Waals surface area contributed by atoms with Gasteiger partial charge in [0.1, 0.15) is 5.57 Å². The molecular formula is C22H21ClN2O5. The zero-order valence-corrected chi connectivity index (χ0v) is 17.6. The fraction of sp³-hybridized carbons (Fsp3) is 0.227. The summed E-state index contributed by atoms with van der Waals surface area (Å²) < 4.78 is 11.0. The summed E-state index contributed by atoms with van der Waals surface area (Å²) >= 11 is 6.32. The summed E-state index contributed by atoms with van der Waals surface area (Å²) in [7, 11) is 1.47. The number of methoxy groups -OCH3 is 1. The molecule has 0 saturated carbocycles. The van der Waals surface area contributed by atoms with Crippen LogP contribution in [-0.4, -0.2) is 31.6 Å². The van der Waals surface area contributed by atoms with Crippen molar-refractivity contribution in [3.05, 3.63) is 58.1 Å². The third kappa shape index (κ3) is 4.16. The molecule has 1 saturated heterocycles. The van der Waals surface area contributed by atoms with Crippen molar-refractivity contribution in [2.45, 2.75) is 20.3 Å². The lowest BCUT2D eigenvalue weighted by atomic mass is 10.1. The molecule has 2 aromatic rings. The highest BCUT2D eigenvalue weighted by atomic mass is 35.5. The van der Waals surface area contributed by atoms with Gasteiger partial charge in [-0.2, -0.15) is 0 Å². The Morgan fingerprint density at radius 2 is 1.90 bits per heavy atom. The number of carbonyl (C=O) groups excluding carboxylic acids is 3. The van der Waals surface area contributed by atoms with Gasteiger partial charge in [-0.05, 0) is 48.7 Å². The lowest BCUT2D eigenvalue weighted by Crippen LogP contribution is -2.54. The van der Waals surface area contributed by atoms with E-state index in [1.165, 1.54) is 13.2 Å². The van der Waals surface area contributed by atoms with E-state index in [4.69, 9.17) is 21.1 Å². The van der Waals surface area contributed by atoms with Crippen LogP contribution in [0.15, 0.2) is 42.0 Å². The van der Waals surface area contributed by atoms with Crippen molar-refractivity contribution in [3.63, 3.8) is 0 Å². The second-order valence-electron chi connectivity index (χ2n) is 6.63. The molecule has 1 fully saturated rings. The van der Waals surface area contributed by atoms with Crippen molar-refractivity contribution in [2.75, 3.05) is 18.6 Å². The molecule has 1 N–H and O–H groups in total. The van der Waals surface area contributed by atoms with E-state index in [9.17, 15) is 14.4 Å². The third-order valence-corrected chi connectivity index (χ3v) is 4.75. The van der Waals surface area contributed by atoms with Crippen LogP contribution in [0.5, 0.6) is 11.5 Å². The summed E-state index contributed by atoms with van der Waals surface area (Å²) in [5.74, 6) is -0.742. The minimum atomic E-state index is -0.796. The lowest BCUT2D eigenvalue weighted by molar-refractivity contribution is -0.122. The molecule has 156 valence electrons. The minimum absolute atomic E-state index is 0.196. The first-order valence-electron chi connectivity index (χ1n) is 9.34. The minimum Gasteiger partial charge on any atom is -0.493 e. The van der Waals surface area contributed by atoms with Crippen LogP contribution in [0, 0.1) is 6.92 Å². The Hall–Kier alpha value is -3.32. The molecule has 0 spiro atoms. The normalized spacial score (nSPS) is 15.4. The number of nitrogens with zero attached hydrogens (tertiary/aromatic N) is 1. The Labute approximate surface area is 179 Å². The zero-order chi connectivity index (χ0) is 21.8. The van der Waals surface area contributed by atoms with Crippen molar-refractivity contribution in [1.82, 2.24) is 5.32 Å². The van der Waals surface area contributed by atoms with Crippen molar-refractivity contribution >= 4 is 41.2 Å². The molecule has 0 aromatic heterocycles. The van der Waals surface area contributed by atoms with Crippen molar-refractivity contribution < 1.29 is 23.9 Å². The van der Waals surface area contributed by atoms with E-state index in [0.717, 1.165) is 16.9 Å². The summed E-state index contributed by atoms with van der Waals surface area (Å²) in [6.45, 7) is 4.20. The molecule has 0 radical (unpaired) electrons. The zero-order valence-electron chi connectivity index (χ0n) is 16.8. The summed E-state index contributed by atoms with van der Waals surface area (Å²) in [5.41, 5.74) is 1.38. The number of ether oxygens (including phenoxy) is 2. The molecule has 7 nitrogen and oxygen atoms in total. The summed E-state index contributed by atoms with van der Waals surface area (Å²) in [5, 5.41) is 2.49. The highest BCUT2D eigenvalue weighted by Crippen LogP contribution is 2.37. The number of amides is 4. The van der Waals surface area contributed by atoms with Crippen LogP contribution in [-0.2, 0) is 9.59 Å². The Kier molecular flexibility index (Phi) is 6.42. The second-order valence-corrected chi connectivity index (χ2v) is 7.03. The maximum atomic E-state index is 13.0. The first-order valence-corrected chi connectivity index (χ1v) is 9.72. The van der Waals surface area contributed by atoms with Crippen LogP contribution in [0.4, 0.5) is 10.5 Å². The molecule has 2 aromatic carbocycles. The largest absolute Gasteiger partial charge is 0.493 e. The quantitative estimate of drug-likeness (QED) is 0.552. The first-order chi connectivity index (χ1) is 14.4. The molecule has 0 unspecified atom stereocenters. The average molecular weight is 429 g/mol. The van der Waals surface area contributed by atoms with E-state index in [-0.39, 0.29) is 10.6 Å². The maximum absolute atomic E-state index is 13.0. The number of benzene rings is 2. The number of halogens is 1. The molecule has 0 atom stereocenters. The molecule has 1 heterocycles. The number of imide groups is 2. The molecule has 4 amide bonds. The number of anilines is 1. The predicted molar refractivity (Wildman–Crippen MR) is 114 cm³/mol. The summed E-state index contributed by atoms with van der Waals surface area (Å²) in [6, 6.07) is 9.30. The molecule has 8 heteroatoms. The topological polar surface area (TPSA) is 84.9 Å². The Bertz CT molecular complexity index is 1050. The fourth-order valence-electron chi connectivity index (χ4n) is 3.02. The number of carbonyl (C=O) groups is 3. The predicted octanol–water partition coefficient (Wildman–Crippen LogP) is 4.11. The number of hydrogen-bond acceptors (Lipinski definition) is 5. The van der Waals surface area contributed by atoms with Gasteiger partial charge in [0.25, 0.3) is 11.8 Å². The SMILES string of the molecule is CCCOc1c(Cl)cc(/C=C2\C(=O)NC(=O)N(c3ccccc3C)C2=O)cc1OC. The Balaban J connectivity index is 2.02. The van der Waals surface area contributed by atoms with Gasteiger partial charge < -0.3 is 9.47 Å². The van der Waals surface area contributed by atoms with E-state index in [2.05, 4.69) is 5.32 Å². The van der Waals surface area contributed by atoms with Crippen molar-refractivity contribution in [3.8, 4) is 11.5 Å². The highest BCUT2D eigenvalue weighted by Gasteiger charge is 2.37. The number of urea groups is 1. The Morgan fingerprint density at radius 1 is 1.17 bits per heavy atom. The van der Waals surface area contributed by atoms with Crippen LogP contribution in [0.1, 0.15) is 24.5 Å². The third-order valence-electron chi connectivity index (χ3n) is 4.47. The van der Waals surface area contributed by atoms with Gasteiger partial charge in [-0.15, -0.1) is 0 Å². The van der Waals surface area contributed by atoms with E-state index < -0.39 is 17.8 Å². The van der Waals surface area contributed by atoms with Gasteiger partial charge in [-0.25, -0.2) is 9.69 Å². The van der Waals surface area contributed by atoms with Crippen LogP contribution < -0.4 is 19.7 Å². The second kappa shape index (κ2) is 9.00.